The van der Waals surface area contributed by atoms with Crippen molar-refractivity contribution in [3.05, 3.63) is 44.1 Å². The average Bonchev–Trinajstić information content (AvgIpc) is 2.41. The van der Waals surface area contributed by atoms with Gasteiger partial charge in [0.25, 0.3) is 0 Å². The van der Waals surface area contributed by atoms with E-state index in [0.29, 0.717) is 0 Å². The van der Waals surface area contributed by atoms with Crippen molar-refractivity contribution in [1.82, 2.24) is 4.98 Å². The molecule has 0 aliphatic rings. The fourth-order valence-electron chi connectivity index (χ4n) is 1.20. The maximum absolute atomic E-state index is 11.3. The minimum Gasteiger partial charge on any atom is -0.410 e. The molecule has 0 saturated heterocycles. The van der Waals surface area contributed by atoms with Gasteiger partial charge in [-0.25, -0.2) is 0 Å². The van der Waals surface area contributed by atoms with E-state index in [1.54, 1.807) is 6.07 Å². The van der Waals surface area contributed by atoms with E-state index in [0.717, 1.165) is 0 Å². The summed E-state index contributed by atoms with van der Waals surface area (Å²) in [5.41, 5.74) is -1.14. The smallest absolute Gasteiger partial charge is 0.237 e. The largest absolute Gasteiger partial charge is 0.410 e. The first kappa shape index (κ1) is 7.60. The summed E-state index contributed by atoms with van der Waals surface area (Å²) >= 11 is 0. The Bertz CT molecular complexity index is 558. The van der Waals surface area contributed by atoms with Crippen LogP contribution in [0.4, 0.5) is 0 Å². The number of nitrogens with zero attached hydrogens (tertiary/aromatic N) is 2. The summed E-state index contributed by atoms with van der Waals surface area (Å²) in [6.07, 6.45) is 1.41. The molecule has 0 saturated carbocycles. The van der Waals surface area contributed by atoms with E-state index in [2.05, 4.69) is 10.1 Å². The first-order chi connectivity index (χ1) is 6.25. The van der Waals surface area contributed by atoms with Crippen LogP contribution >= 0.6 is 0 Å². The van der Waals surface area contributed by atoms with Gasteiger partial charge in [0.1, 0.15) is 5.52 Å². The summed E-state index contributed by atoms with van der Waals surface area (Å²) < 4.78 is 0. The number of rotatable bonds is 0. The van der Waals surface area contributed by atoms with Crippen LogP contribution < -0.4 is 16.2 Å². The fraction of sp³-hybridized carbons (Fsp3) is 0. The lowest BCUT2D eigenvalue weighted by Crippen LogP contribution is -2.31. The Morgan fingerprint density at radius 1 is 1.31 bits per heavy atom. The van der Waals surface area contributed by atoms with Crippen LogP contribution in [0.15, 0.2) is 33.1 Å². The van der Waals surface area contributed by atoms with E-state index in [9.17, 15) is 9.59 Å². The lowest BCUT2D eigenvalue weighted by atomic mass is 10.3. The second-order valence-electron chi connectivity index (χ2n) is 2.51. The Morgan fingerprint density at radius 2 is 2.08 bits per heavy atom. The van der Waals surface area contributed by atoms with E-state index < -0.39 is 16.2 Å². The standard InChI is InChI=1S/C8H4N2O3/c11-7-4-2-1-3-9-5(4)8(12)6(7)10-13/h1-3,13H/b10-6-. The van der Waals surface area contributed by atoms with Crippen LogP contribution in [0.3, 0.4) is 0 Å². The van der Waals surface area contributed by atoms with Crippen LogP contribution in [0.2, 0.25) is 0 Å². The van der Waals surface area contributed by atoms with Gasteiger partial charge in [-0.05, 0) is 12.1 Å². The molecule has 1 N–H and O–H groups in total. The Kier molecular flexibility index (Phi) is 1.45. The second kappa shape index (κ2) is 2.48. The highest BCUT2D eigenvalue weighted by atomic mass is 16.4. The van der Waals surface area contributed by atoms with Crippen LogP contribution in [-0.2, 0) is 0 Å². The number of hydrogen-bond acceptors (Lipinski definition) is 5. The van der Waals surface area contributed by atoms with Gasteiger partial charge in [-0.1, -0.05) is 5.16 Å². The topological polar surface area (TPSA) is 79.6 Å². The molecular formula is C8H4N2O3. The highest BCUT2D eigenvalue weighted by Crippen LogP contribution is 1.96. The Labute approximate surface area is 71.3 Å². The third-order valence-corrected chi connectivity index (χ3v) is 1.80. The molecule has 1 aromatic heterocycles. The molecule has 0 amide bonds. The molecule has 5 heteroatoms. The van der Waals surface area contributed by atoms with Crippen LogP contribution in [0, 0.1) is 0 Å². The lowest BCUT2D eigenvalue weighted by Gasteiger charge is -1.80. The fourth-order valence-corrected chi connectivity index (χ4v) is 1.20. The van der Waals surface area contributed by atoms with Crippen molar-refractivity contribution in [3.8, 4) is 0 Å². The molecule has 2 aromatic rings. The molecule has 0 atom stereocenters. The number of hydrogen-bond donors (Lipinski definition) is 1. The zero-order chi connectivity index (χ0) is 9.42. The molecule has 0 spiro atoms. The van der Waals surface area contributed by atoms with Gasteiger partial charge in [0, 0.05) is 6.20 Å². The zero-order valence-electron chi connectivity index (χ0n) is 6.39. The summed E-state index contributed by atoms with van der Waals surface area (Å²) in [7, 11) is 0. The monoisotopic (exact) mass is 176 g/mol. The highest BCUT2D eigenvalue weighted by Gasteiger charge is 2.10. The first-order valence-corrected chi connectivity index (χ1v) is 3.52. The van der Waals surface area contributed by atoms with Crippen LogP contribution in [0.1, 0.15) is 0 Å². The maximum Gasteiger partial charge on any atom is 0.237 e. The van der Waals surface area contributed by atoms with Crippen molar-refractivity contribution in [2.75, 3.05) is 0 Å². The third-order valence-electron chi connectivity index (χ3n) is 1.80. The van der Waals surface area contributed by atoms with E-state index in [4.69, 9.17) is 5.21 Å². The van der Waals surface area contributed by atoms with Crippen LogP contribution in [0.5, 0.6) is 0 Å². The quantitative estimate of drug-likeness (QED) is 0.417. The Morgan fingerprint density at radius 3 is 2.69 bits per heavy atom. The van der Waals surface area contributed by atoms with E-state index in [-0.39, 0.29) is 10.9 Å². The van der Waals surface area contributed by atoms with Gasteiger partial charge in [-0.3, -0.25) is 14.6 Å². The maximum atomic E-state index is 11.3. The van der Waals surface area contributed by atoms with E-state index >= 15 is 0 Å². The lowest BCUT2D eigenvalue weighted by molar-refractivity contribution is 0.301. The summed E-state index contributed by atoms with van der Waals surface area (Å²) in [5.74, 6) is 0. The number of pyridine rings is 1. The summed E-state index contributed by atoms with van der Waals surface area (Å²) in [5, 5.41) is 10.8. The Balaban J connectivity index is 3.26. The van der Waals surface area contributed by atoms with Crippen molar-refractivity contribution < 1.29 is 5.21 Å². The summed E-state index contributed by atoms with van der Waals surface area (Å²) in [6.45, 7) is 0. The molecule has 0 unspecified atom stereocenters. The molecule has 1 aromatic carbocycles. The van der Waals surface area contributed by atoms with E-state index in [1.165, 1.54) is 12.3 Å². The van der Waals surface area contributed by atoms with Gasteiger partial charge in [-0.15, -0.1) is 0 Å². The predicted octanol–water partition coefficient (Wildman–Crippen LogP) is -0.879. The van der Waals surface area contributed by atoms with Gasteiger partial charge in [0.15, 0.2) is 5.36 Å². The zero-order valence-corrected chi connectivity index (χ0v) is 6.39. The number of aromatic nitrogens is 1. The van der Waals surface area contributed by atoms with Gasteiger partial charge in [0.05, 0.1) is 5.39 Å². The SMILES string of the molecule is O=c1/c(=N/O)c(=O)c2ncccc12. The molecule has 0 aliphatic heterocycles. The summed E-state index contributed by atoms with van der Waals surface area (Å²) in [6, 6.07) is 3.02. The highest BCUT2D eigenvalue weighted by molar-refractivity contribution is 5.78. The van der Waals surface area contributed by atoms with Crippen LogP contribution in [0.25, 0.3) is 10.9 Å². The molecule has 0 bridgehead atoms. The van der Waals surface area contributed by atoms with Gasteiger partial charge >= 0.3 is 0 Å². The second-order valence-corrected chi connectivity index (χ2v) is 2.51. The molecule has 13 heavy (non-hydrogen) atoms. The minimum absolute atomic E-state index is 0.0558. The van der Waals surface area contributed by atoms with E-state index in [1.807, 2.05) is 0 Å². The minimum atomic E-state index is -0.622. The molecule has 1 heterocycles. The van der Waals surface area contributed by atoms with Crippen molar-refractivity contribution in [2.24, 2.45) is 5.16 Å². The molecule has 5 nitrogen and oxygen atoms in total. The van der Waals surface area contributed by atoms with Gasteiger partial charge < -0.3 is 5.21 Å². The van der Waals surface area contributed by atoms with Gasteiger partial charge in [0.2, 0.25) is 10.9 Å². The molecule has 2 rings (SSSR count). The van der Waals surface area contributed by atoms with Crippen molar-refractivity contribution >= 4 is 10.9 Å². The first-order valence-electron chi connectivity index (χ1n) is 3.52. The predicted molar refractivity (Wildman–Crippen MR) is 44.0 cm³/mol. The summed E-state index contributed by atoms with van der Waals surface area (Å²) in [4.78, 5) is 26.3. The molecule has 0 aliphatic carbocycles. The van der Waals surface area contributed by atoms with Crippen LogP contribution in [-0.4, -0.2) is 10.2 Å². The third kappa shape index (κ3) is 0.868. The van der Waals surface area contributed by atoms with Gasteiger partial charge in [-0.2, -0.15) is 0 Å². The number of fused-ring (bicyclic) bond motifs is 1. The Hall–Kier alpha value is -2.04. The van der Waals surface area contributed by atoms with Crippen molar-refractivity contribution in [2.45, 2.75) is 0 Å². The molecule has 0 fully saturated rings. The average molecular weight is 176 g/mol. The molecule has 64 valence electrons. The van der Waals surface area contributed by atoms with Crippen molar-refractivity contribution in [3.63, 3.8) is 0 Å². The molecule has 0 radical (unpaired) electrons. The molecular weight excluding hydrogens is 172 g/mol. The van der Waals surface area contributed by atoms with Crippen molar-refractivity contribution in [1.29, 1.82) is 0 Å². The normalized spacial score (nSPS) is 12.5.